The molecule has 2 unspecified atom stereocenters. The van der Waals surface area contributed by atoms with Gasteiger partial charge in [0.05, 0.1) is 25.2 Å². The van der Waals surface area contributed by atoms with E-state index in [1.54, 1.807) is 6.92 Å². The van der Waals surface area contributed by atoms with E-state index in [-0.39, 0.29) is 42.9 Å². The van der Waals surface area contributed by atoms with E-state index in [1.165, 1.54) is 14.0 Å². The molecule has 2 aromatic carbocycles. The number of piperazine rings is 1. The van der Waals surface area contributed by atoms with Crippen LogP contribution in [0.3, 0.4) is 0 Å². The molecular formula is C35H46N4O9. The molecule has 2 amide bonds. The highest BCUT2D eigenvalue weighted by Crippen LogP contribution is 2.58. The molecule has 48 heavy (non-hydrogen) atoms. The number of esters is 1. The fourth-order valence-electron chi connectivity index (χ4n) is 8.21. The van der Waals surface area contributed by atoms with E-state index in [4.69, 9.17) is 18.9 Å². The topological polar surface area (TPSA) is 159 Å². The SMILES string of the molecule is COc1c(C)cc2c(c1O)[C@@H]1C3Cc4c(OC(C)=O)c(C)c5c(c4[C@H](CNC(=O)[C@@H](C)NC(=O)CC(C)C)N3[C@@H](O)C(C2)N1C)OCO5. The molecule has 4 aliphatic rings. The number of carbonyl (C=O) groups is 3. The van der Waals surface area contributed by atoms with Gasteiger partial charge in [-0.3, -0.25) is 24.2 Å². The number of rotatable bonds is 8. The lowest BCUT2D eigenvalue weighted by Crippen LogP contribution is -2.69. The van der Waals surface area contributed by atoms with E-state index < -0.39 is 36.4 Å². The standard InChI is InChI=1S/C35H46N4O9/c1-15(2)9-25(41)37-18(5)34(43)36-13-24-27-21(31(48-19(6)40)17(4)32-33(27)47-14-46-32)12-22-28-26-20(10-16(3)30(45-8)29(26)42)11-23(38(28)7)35(44)39(22)24/h10,15,18,22-24,28,35,42,44H,9,11-14H2,1-8H3,(H,36,43)(H,37,41)/t18-,22?,23?,24+,28+,35+/m1/s1. The van der Waals surface area contributed by atoms with Crippen LogP contribution in [0.15, 0.2) is 6.07 Å². The Kier molecular flexibility index (Phi) is 8.98. The van der Waals surface area contributed by atoms with E-state index in [1.807, 2.05) is 45.7 Å². The Morgan fingerprint density at radius 2 is 1.77 bits per heavy atom. The van der Waals surface area contributed by atoms with Crippen molar-refractivity contribution in [1.82, 2.24) is 20.4 Å². The lowest BCUT2D eigenvalue weighted by Gasteiger charge is -2.60. The number of aliphatic hydroxyl groups excluding tert-OH is 1. The number of aryl methyl sites for hydroxylation is 1. The number of nitrogens with zero attached hydrogens (tertiary/aromatic N) is 2. The van der Waals surface area contributed by atoms with Crippen molar-refractivity contribution in [2.45, 2.75) is 97.2 Å². The zero-order valence-corrected chi connectivity index (χ0v) is 28.8. The van der Waals surface area contributed by atoms with E-state index in [2.05, 4.69) is 15.5 Å². The average molecular weight is 667 g/mol. The predicted octanol–water partition coefficient (Wildman–Crippen LogP) is 2.54. The maximum atomic E-state index is 13.4. The van der Waals surface area contributed by atoms with Crippen molar-refractivity contribution in [2.75, 3.05) is 27.5 Å². The molecule has 0 spiro atoms. The quantitative estimate of drug-likeness (QED) is 0.242. The number of carbonyl (C=O) groups excluding carboxylic acids is 3. The Morgan fingerprint density at radius 3 is 2.44 bits per heavy atom. The largest absolute Gasteiger partial charge is 0.504 e. The van der Waals surface area contributed by atoms with Gasteiger partial charge in [-0.2, -0.15) is 0 Å². The second-order valence-electron chi connectivity index (χ2n) is 13.8. The first-order chi connectivity index (χ1) is 22.7. The average Bonchev–Trinajstić information content (AvgIpc) is 3.50. The highest BCUT2D eigenvalue weighted by Gasteiger charge is 2.56. The summed E-state index contributed by atoms with van der Waals surface area (Å²) in [6.07, 6.45) is 0.116. The van der Waals surface area contributed by atoms with Crippen molar-refractivity contribution in [1.29, 1.82) is 0 Å². The Balaban J connectivity index is 1.48. The fraction of sp³-hybridized carbons (Fsp3) is 0.571. The van der Waals surface area contributed by atoms with Crippen molar-refractivity contribution >= 4 is 17.8 Å². The molecule has 1 fully saturated rings. The van der Waals surface area contributed by atoms with Crippen molar-refractivity contribution in [2.24, 2.45) is 5.92 Å². The minimum Gasteiger partial charge on any atom is -0.504 e. The summed E-state index contributed by atoms with van der Waals surface area (Å²) < 4.78 is 23.4. The lowest BCUT2D eigenvalue weighted by atomic mass is 9.73. The molecular weight excluding hydrogens is 620 g/mol. The zero-order chi connectivity index (χ0) is 34.8. The number of methoxy groups -OCH3 is 1. The molecule has 6 rings (SSSR count). The molecule has 260 valence electrons. The van der Waals surface area contributed by atoms with Crippen LogP contribution in [-0.2, 0) is 27.2 Å². The van der Waals surface area contributed by atoms with Gasteiger partial charge >= 0.3 is 5.97 Å². The highest BCUT2D eigenvalue weighted by molar-refractivity contribution is 5.87. The third-order valence-electron chi connectivity index (χ3n) is 10.2. The third-order valence-corrected chi connectivity index (χ3v) is 10.2. The smallest absolute Gasteiger partial charge is 0.308 e. The van der Waals surface area contributed by atoms with Crippen LogP contribution in [0.2, 0.25) is 0 Å². The number of aliphatic hydroxyl groups is 1. The molecule has 0 aromatic heterocycles. The molecule has 1 saturated heterocycles. The molecule has 4 aliphatic heterocycles. The molecule has 2 bridgehead atoms. The van der Waals surface area contributed by atoms with Crippen molar-refractivity contribution in [3.8, 4) is 28.7 Å². The minimum absolute atomic E-state index is 0.0372. The van der Waals surface area contributed by atoms with Crippen molar-refractivity contribution < 1.29 is 43.5 Å². The molecule has 0 radical (unpaired) electrons. The molecule has 4 heterocycles. The Bertz CT molecular complexity index is 1660. The summed E-state index contributed by atoms with van der Waals surface area (Å²) in [5.41, 5.74) is 4.42. The molecule has 0 aliphatic carbocycles. The van der Waals surface area contributed by atoms with Gasteiger partial charge in [-0.1, -0.05) is 19.9 Å². The summed E-state index contributed by atoms with van der Waals surface area (Å²) in [6, 6.07) is -0.621. The normalized spacial score (nSPS) is 24.7. The Hall–Kier alpha value is -4.07. The summed E-state index contributed by atoms with van der Waals surface area (Å²) >= 11 is 0. The van der Waals surface area contributed by atoms with Gasteiger partial charge in [0.2, 0.25) is 18.6 Å². The molecule has 13 heteroatoms. The van der Waals surface area contributed by atoms with Gasteiger partial charge in [0.15, 0.2) is 23.0 Å². The van der Waals surface area contributed by atoms with Crippen LogP contribution in [0, 0.1) is 19.8 Å². The highest BCUT2D eigenvalue weighted by atomic mass is 16.7. The number of hydrogen-bond donors (Lipinski definition) is 4. The fourth-order valence-corrected chi connectivity index (χ4v) is 8.21. The van der Waals surface area contributed by atoms with Gasteiger partial charge in [-0.15, -0.1) is 0 Å². The summed E-state index contributed by atoms with van der Waals surface area (Å²) in [5.74, 6) is 0.770. The predicted molar refractivity (Wildman–Crippen MR) is 174 cm³/mol. The van der Waals surface area contributed by atoms with Crippen LogP contribution in [0.4, 0.5) is 0 Å². The van der Waals surface area contributed by atoms with Gasteiger partial charge < -0.3 is 39.8 Å². The molecule has 13 nitrogen and oxygen atoms in total. The van der Waals surface area contributed by atoms with Crippen LogP contribution < -0.4 is 29.6 Å². The van der Waals surface area contributed by atoms with Crippen molar-refractivity contribution in [3.63, 3.8) is 0 Å². The Morgan fingerprint density at radius 1 is 1.06 bits per heavy atom. The van der Waals surface area contributed by atoms with E-state index >= 15 is 0 Å². The summed E-state index contributed by atoms with van der Waals surface area (Å²) in [5, 5.41) is 29.6. The van der Waals surface area contributed by atoms with Gasteiger partial charge in [-0.05, 0) is 57.7 Å². The molecule has 6 atom stereocenters. The first kappa shape index (κ1) is 33.8. The first-order valence-corrected chi connectivity index (χ1v) is 16.5. The first-order valence-electron chi connectivity index (χ1n) is 16.5. The number of phenols is 1. The van der Waals surface area contributed by atoms with Crippen LogP contribution in [0.25, 0.3) is 0 Å². The van der Waals surface area contributed by atoms with E-state index in [0.717, 1.165) is 16.7 Å². The van der Waals surface area contributed by atoms with E-state index in [9.17, 15) is 24.6 Å². The zero-order valence-electron chi connectivity index (χ0n) is 28.8. The maximum absolute atomic E-state index is 13.4. The summed E-state index contributed by atoms with van der Waals surface area (Å²) in [4.78, 5) is 42.4. The molecule has 4 N–H and O–H groups in total. The van der Waals surface area contributed by atoms with Crippen LogP contribution in [-0.4, -0.2) is 89.6 Å². The summed E-state index contributed by atoms with van der Waals surface area (Å²) in [7, 11) is 3.47. The number of benzene rings is 2. The van der Waals surface area contributed by atoms with Crippen molar-refractivity contribution in [3.05, 3.63) is 39.4 Å². The Labute approximate surface area is 280 Å². The number of fused-ring (bicyclic) bond motifs is 9. The maximum Gasteiger partial charge on any atom is 0.308 e. The number of amides is 2. The van der Waals surface area contributed by atoms with Crippen LogP contribution >= 0.6 is 0 Å². The number of nitrogens with one attached hydrogen (secondary N) is 2. The van der Waals surface area contributed by atoms with E-state index in [0.29, 0.717) is 59.0 Å². The van der Waals surface area contributed by atoms with Crippen LogP contribution in [0.5, 0.6) is 28.7 Å². The van der Waals surface area contributed by atoms with Gasteiger partial charge in [-0.25, -0.2) is 0 Å². The number of ether oxygens (including phenoxy) is 4. The lowest BCUT2D eigenvalue weighted by molar-refractivity contribution is -0.172. The monoisotopic (exact) mass is 666 g/mol. The second kappa shape index (κ2) is 12.8. The molecule has 2 aromatic rings. The third kappa shape index (κ3) is 5.51. The number of aromatic hydroxyl groups is 1. The minimum atomic E-state index is -0.983. The van der Waals surface area contributed by atoms with Gasteiger partial charge in [0.25, 0.3) is 0 Å². The number of likely N-dealkylation sites (N-methyl/N-ethyl adjacent to an activating group) is 1. The number of phenolic OH excluding ortho intramolecular Hbond substituents is 1. The second-order valence-corrected chi connectivity index (χ2v) is 13.8. The van der Waals surface area contributed by atoms with Gasteiger partial charge in [0, 0.05) is 48.2 Å². The summed E-state index contributed by atoms with van der Waals surface area (Å²) in [6.45, 7) is 10.5. The number of hydrogen-bond acceptors (Lipinski definition) is 11. The molecule has 0 saturated carbocycles. The van der Waals surface area contributed by atoms with Crippen LogP contribution in [0.1, 0.15) is 79.6 Å². The van der Waals surface area contributed by atoms with Gasteiger partial charge in [0.1, 0.15) is 18.0 Å².